The molecule has 1 saturated heterocycles. The lowest BCUT2D eigenvalue weighted by atomic mass is 10.3. The first-order valence-electron chi connectivity index (χ1n) is 5.03. The first kappa shape index (κ1) is 12.9. The van der Waals surface area contributed by atoms with E-state index in [4.69, 9.17) is 22.3 Å². The molecule has 0 radical (unpaired) electrons. The van der Waals surface area contributed by atoms with E-state index in [0.29, 0.717) is 31.2 Å². The van der Waals surface area contributed by atoms with Crippen molar-refractivity contribution in [2.75, 3.05) is 31.1 Å². The van der Waals surface area contributed by atoms with E-state index in [9.17, 15) is 8.42 Å². The van der Waals surface area contributed by atoms with E-state index in [1.807, 2.05) is 11.0 Å². The summed E-state index contributed by atoms with van der Waals surface area (Å²) in [5.74, 6) is 0.793. The van der Waals surface area contributed by atoms with Crippen LogP contribution in [0.5, 0.6) is 0 Å². The number of nitrogens with zero attached hydrogens (tertiary/aromatic N) is 3. The summed E-state index contributed by atoms with van der Waals surface area (Å²) in [6.45, 7) is 1.88. The third-order valence-corrected chi connectivity index (χ3v) is 4.37. The number of hydrogen-bond donors (Lipinski definition) is 0. The van der Waals surface area contributed by atoms with E-state index >= 15 is 0 Å². The van der Waals surface area contributed by atoms with Crippen molar-refractivity contribution < 1.29 is 8.42 Å². The van der Waals surface area contributed by atoms with Gasteiger partial charge in [-0.05, 0) is 12.1 Å². The Balaban J connectivity index is 2.02. The normalized spacial score (nSPS) is 18.4. The fourth-order valence-corrected chi connectivity index (χ4v) is 2.82. The van der Waals surface area contributed by atoms with Gasteiger partial charge in [0.25, 0.3) is 9.24 Å². The molecule has 0 spiro atoms. The molecule has 0 N–H and O–H groups in total. The Labute approximate surface area is 109 Å². The molecule has 1 aliphatic heterocycles. The number of hydrogen-bond acceptors (Lipinski definition) is 4. The summed E-state index contributed by atoms with van der Waals surface area (Å²) < 4.78 is 23.5. The molecule has 0 aliphatic carbocycles. The van der Waals surface area contributed by atoms with E-state index in [1.54, 1.807) is 12.3 Å². The summed E-state index contributed by atoms with van der Waals surface area (Å²) in [6.07, 6.45) is 1.57. The van der Waals surface area contributed by atoms with Gasteiger partial charge in [0.2, 0.25) is 0 Å². The zero-order valence-electron chi connectivity index (χ0n) is 8.88. The third-order valence-electron chi connectivity index (χ3n) is 2.58. The van der Waals surface area contributed by atoms with E-state index in [-0.39, 0.29) is 0 Å². The van der Waals surface area contributed by atoms with Crippen molar-refractivity contribution in [3.63, 3.8) is 0 Å². The monoisotopic (exact) mass is 295 g/mol. The molecule has 2 heterocycles. The molecule has 0 amide bonds. The molecule has 0 bridgehead atoms. The zero-order valence-corrected chi connectivity index (χ0v) is 11.2. The maximum Gasteiger partial charge on any atom is 0.299 e. The van der Waals surface area contributed by atoms with Crippen LogP contribution in [0.1, 0.15) is 0 Å². The Morgan fingerprint density at radius 3 is 2.29 bits per heavy atom. The fourth-order valence-electron chi connectivity index (χ4n) is 1.69. The van der Waals surface area contributed by atoms with Crippen molar-refractivity contribution in [1.29, 1.82) is 0 Å². The molecule has 8 heteroatoms. The van der Waals surface area contributed by atoms with Crippen molar-refractivity contribution in [2.45, 2.75) is 0 Å². The van der Waals surface area contributed by atoms with Crippen LogP contribution in [-0.4, -0.2) is 43.9 Å². The minimum Gasteiger partial charge on any atom is -0.354 e. The van der Waals surface area contributed by atoms with Gasteiger partial charge in [-0.2, -0.15) is 12.7 Å². The highest BCUT2D eigenvalue weighted by Gasteiger charge is 2.25. The summed E-state index contributed by atoms with van der Waals surface area (Å²) >= 11 is 5.75. The number of pyridine rings is 1. The highest BCUT2D eigenvalue weighted by atomic mass is 35.7. The smallest absolute Gasteiger partial charge is 0.299 e. The SMILES string of the molecule is O=S(=O)(Cl)N1CCN(c2ccc(Cl)cn2)CC1. The van der Waals surface area contributed by atoms with Gasteiger partial charge in [0, 0.05) is 43.1 Å². The molecule has 5 nitrogen and oxygen atoms in total. The van der Waals surface area contributed by atoms with Crippen LogP contribution in [0.4, 0.5) is 5.82 Å². The molecule has 1 aromatic heterocycles. The lowest BCUT2D eigenvalue weighted by Gasteiger charge is -2.33. The predicted molar refractivity (Wildman–Crippen MR) is 67.8 cm³/mol. The van der Waals surface area contributed by atoms with Crippen molar-refractivity contribution in [3.8, 4) is 0 Å². The van der Waals surface area contributed by atoms with Crippen molar-refractivity contribution in [3.05, 3.63) is 23.4 Å². The number of piperazine rings is 1. The van der Waals surface area contributed by atoms with Gasteiger partial charge < -0.3 is 4.90 Å². The van der Waals surface area contributed by atoms with Crippen LogP contribution >= 0.6 is 22.3 Å². The van der Waals surface area contributed by atoms with Crippen molar-refractivity contribution >= 4 is 37.3 Å². The lowest BCUT2D eigenvalue weighted by molar-refractivity contribution is 0.392. The van der Waals surface area contributed by atoms with Crippen LogP contribution in [0.15, 0.2) is 18.3 Å². The topological polar surface area (TPSA) is 53.5 Å². The Bertz CT molecular complexity index is 483. The van der Waals surface area contributed by atoms with Gasteiger partial charge in [0.05, 0.1) is 5.02 Å². The van der Waals surface area contributed by atoms with Crippen LogP contribution in [0.25, 0.3) is 0 Å². The standard InChI is InChI=1S/C9H11Cl2N3O2S/c10-8-1-2-9(12-7-8)13-3-5-14(6-4-13)17(11,15)16/h1-2,7H,3-6H2. The molecule has 1 aliphatic rings. The van der Waals surface area contributed by atoms with Gasteiger partial charge in [-0.1, -0.05) is 11.6 Å². The van der Waals surface area contributed by atoms with Crippen LogP contribution in [0.2, 0.25) is 5.02 Å². The van der Waals surface area contributed by atoms with E-state index in [0.717, 1.165) is 5.82 Å². The van der Waals surface area contributed by atoms with Crippen molar-refractivity contribution in [1.82, 2.24) is 9.29 Å². The molecule has 0 atom stereocenters. The molecule has 0 aromatic carbocycles. The fraction of sp³-hybridized carbons (Fsp3) is 0.444. The van der Waals surface area contributed by atoms with Gasteiger partial charge in [0.1, 0.15) is 5.82 Å². The molecule has 1 fully saturated rings. The average Bonchev–Trinajstić information content (AvgIpc) is 2.29. The summed E-state index contributed by atoms with van der Waals surface area (Å²) in [6, 6.07) is 3.57. The Morgan fingerprint density at radius 2 is 1.82 bits per heavy atom. The minimum absolute atomic E-state index is 0.371. The van der Waals surface area contributed by atoms with E-state index < -0.39 is 9.24 Å². The van der Waals surface area contributed by atoms with Gasteiger partial charge in [-0.15, -0.1) is 0 Å². The van der Waals surface area contributed by atoms with Crippen LogP contribution in [0, 0.1) is 0 Å². The summed E-state index contributed by atoms with van der Waals surface area (Å²) in [7, 11) is 1.67. The second-order valence-electron chi connectivity index (χ2n) is 3.66. The largest absolute Gasteiger partial charge is 0.354 e. The second kappa shape index (κ2) is 4.97. The molecule has 2 rings (SSSR count). The summed E-state index contributed by atoms with van der Waals surface area (Å²) in [4.78, 5) is 6.18. The Kier molecular flexibility index (Phi) is 3.77. The Hall–Kier alpha value is -0.560. The van der Waals surface area contributed by atoms with Gasteiger partial charge in [-0.25, -0.2) is 4.98 Å². The number of aromatic nitrogens is 1. The van der Waals surface area contributed by atoms with Gasteiger partial charge in [-0.3, -0.25) is 0 Å². The molecule has 0 unspecified atom stereocenters. The van der Waals surface area contributed by atoms with E-state index in [1.165, 1.54) is 4.31 Å². The highest BCUT2D eigenvalue weighted by molar-refractivity contribution is 8.11. The lowest BCUT2D eigenvalue weighted by Crippen LogP contribution is -2.47. The van der Waals surface area contributed by atoms with Crippen LogP contribution in [-0.2, 0) is 9.24 Å². The number of halogens is 2. The van der Waals surface area contributed by atoms with Gasteiger partial charge >= 0.3 is 0 Å². The number of anilines is 1. The average molecular weight is 296 g/mol. The second-order valence-corrected chi connectivity index (χ2v) is 6.61. The maximum atomic E-state index is 11.1. The molecule has 0 saturated carbocycles. The first-order chi connectivity index (χ1) is 7.97. The minimum atomic E-state index is -3.60. The Morgan fingerprint density at radius 1 is 1.18 bits per heavy atom. The summed E-state index contributed by atoms with van der Waals surface area (Å²) in [5.41, 5.74) is 0. The highest BCUT2D eigenvalue weighted by Crippen LogP contribution is 2.18. The molecular weight excluding hydrogens is 285 g/mol. The van der Waals surface area contributed by atoms with Crippen LogP contribution in [0.3, 0.4) is 0 Å². The quantitative estimate of drug-likeness (QED) is 0.773. The van der Waals surface area contributed by atoms with Gasteiger partial charge in [0.15, 0.2) is 0 Å². The third kappa shape index (κ3) is 3.22. The zero-order chi connectivity index (χ0) is 12.5. The van der Waals surface area contributed by atoms with Crippen molar-refractivity contribution in [2.24, 2.45) is 0 Å². The molecule has 17 heavy (non-hydrogen) atoms. The molecule has 1 aromatic rings. The maximum absolute atomic E-state index is 11.1. The van der Waals surface area contributed by atoms with Crippen LogP contribution < -0.4 is 4.90 Å². The number of rotatable bonds is 2. The molecule has 94 valence electrons. The van der Waals surface area contributed by atoms with E-state index in [2.05, 4.69) is 4.98 Å². The predicted octanol–water partition coefficient (Wildman–Crippen LogP) is 1.34. The first-order valence-corrected chi connectivity index (χ1v) is 7.67. The summed E-state index contributed by atoms with van der Waals surface area (Å²) in [5, 5.41) is 0.579. The molecular formula is C9H11Cl2N3O2S.